The molecule has 0 aliphatic carbocycles. The second kappa shape index (κ2) is 8.86. The molecule has 3 aromatic rings. The van der Waals surface area contributed by atoms with Crippen LogP contribution in [0.15, 0.2) is 48.5 Å². The number of aryl methyl sites for hydroxylation is 2. The lowest BCUT2D eigenvalue weighted by Crippen LogP contribution is -2.17. The van der Waals surface area contributed by atoms with Crippen LogP contribution < -0.4 is 10.5 Å². The van der Waals surface area contributed by atoms with E-state index in [-0.39, 0.29) is 6.04 Å². The van der Waals surface area contributed by atoms with Crippen molar-refractivity contribution in [2.45, 2.75) is 52.1 Å². The minimum Gasteiger partial charge on any atom is -0.494 e. The Balaban J connectivity index is 1.66. The summed E-state index contributed by atoms with van der Waals surface area (Å²) in [6.45, 7) is 5.86. The number of benzene rings is 2. The zero-order valence-corrected chi connectivity index (χ0v) is 15.8. The van der Waals surface area contributed by atoms with E-state index < -0.39 is 0 Å². The fraction of sp³-hybridized carbons (Fsp3) is 0.409. The van der Waals surface area contributed by atoms with Gasteiger partial charge >= 0.3 is 0 Å². The summed E-state index contributed by atoms with van der Waals surface area (Å²) in [5.41, 5.74) is 9.88. The maximum absolute atomic E-state index is 6.38. The summed E-state index contributed by atoms with van der Waals surface area (Å²) in [7, 11) is 0. The number of para-hydroxylation sites is 2. The number of fused-ring (bicyclic) bond motifs is 1. The summed E-state index contributed by atoms with van der Waals surface area (Å²) >= 11 is 0. The van der Waals surface area contributed by atoms with Crippen molar-refractivity contribution in [3.8, 4) is 5.75 Å². The summed E-state index contributed by atoms with van der Waals surface area (Å²) in [5.74, 6) is 1.92. The molecule has 138 valence electrons. The molecule has 0 spiro atoms. The monoisotopic (exact) mass is 351 g/mol. The number of hydrogen-bond acceptors (Lipinski definition) is 3. The quantitative estimate of drug-likeness (QED) is 0.560. The summed E-state index contributed by atoms with van der Waals surface area (Å²) in [6.07, 6.45) is 3.97. The van der Waals surface area contributed by atoms with Crippen molar-refractivity contribution >= 4 is 11.0 Å². The topological polar surface area (TPSA) is 53.1 Å². The van der Waals surface area contributed by atoms with Crippen LogP contribution in [0.4, 0.5) is 0 Å². The molecule has 0 saturated carbocycles. The fourth-order valence-corrected chi connectivity index (χ4v) is 3.29. The van der Waals surface area contributed by atoms with E-state index in [0.717, 1.165) is 54.8 Å². The first-order chi connectivity index (χ1) is 12.7. The van der Waals surface area contributed by atoms with Gasteiger partial charge in [-0.05, 0) is 49.1 Å². The number of ether oxygens (including phenoxy) is 1. The van der Waals surface area contributed by atoms with Crippen molar-refractivity contribution in [3.63, 3.8) is 0 Å². The van der Waals surface area contributed by atoms with Crippen LogP contribution in [-0.2, 0) is 13.0 Å². The molecule has 2 aromatic carbocycles. The van der Waals surface area contributed by atoms with Gasteiger partial charge in [-0.2, -0.15) is 0 Å². The molecule has 3 rings (SSSR count). The van der Waals surface area contributed by atoms with Gasteiger partial charge in [0.2, 0.25) is 0 Å². The van der Waals surface area contributed by atoms with Crippen LogP contribution in [-0.4, -0.2) is 16.2 Å². The normalized spacial score (nSPS) is 12.4. The molecule has 26 heavy (non-hydrogen) atoms. The van der Waals surface area contributed by atoms with Crippen LogP contribution in [0.3, 0.4) is 0 Å². The number of aromatic nitrogens is 2. The van der Waals surface area contributed by atoms with Crippen molar-refractivity contribution in [2.24, 2.45) is 5.73 Å². The third kappa shape index (κ3) is 4.25. The van der Waals surface area contributed by atoms with E-state index in [1.54, 1.807) is 0 Å². The largest absolute Gasteiger partial charge is 0.494 e. The minimum atomic E-state index is -0.0186. The molecule has 4 nitrogen and oxygen atoms in total. The van der Waals surface area contributed by atoms with E-state index in [0.29, 0.717) is 6.61 Å². The SMILES string of the molecule is CCCC(N)c1nc2ccccc2n1CCCOc1ccc(CC)cc1. The van der Waals surface area contributed by atoms with E-state index in [1.165, 1.54) is 5.56 Å². The van der Waals surface area contributed by atoms with Gasteiger partial charge in [-0.15, -0.1) is 0 Å². The standard InChI is InChI=1S/C22H29N3O/c1-3-8-19(23)22-24-20-9-5-6-10-21(20)25(22)15-7-16-26-18-13-11-17(4-2)12-14-18/h5-6,9-14,19H,3-4,7-8,15-16,23H2,1-2H3. The van der Waals surface area contributed by atoms with Gasteiger partial charge in [-0.3, -0.25) is 0 Å². The lowest BCUT2D eigenvalue weighted by Gasteiger charge is -2.14. The average molecular weight is 351 g/mol. The van der Waals surface area contributed by atoms with Crippen LogP contribution >= 0.6 is 0 Å². The minimum absolute atomic E-state index is 0.0186. The highest BCUT2D eigenvalue weighted by atomic mass is 16.5. The highest BCUT2D eigenvalue weighted by molar-refractivity contribution is 5.76. The first-order valence-electron chi connectivity index (χ1n) is 9.65. The van der Waals surface area contributed by atoms with E-state index in [1.807, 2.05) is 18.2 Å². The molecular weight excluding hydrogens is 322 g/mol. The summed E-state index contributed by atoms with van der Waals surface area (Å²) in [6, 6.07) is 16.6. The van der Waals surface area contributed by atoms with E-state index >= 15 is 0 Å². The highest BCUT2D eigenvalue weighted by Gasteiger charge is 2.16. The molecule has 2 N–H and O–H groups in total. The van der Waals surface area contributed by atoms with Crippen molar-refractivity contribution in [3.05, 3.63) is 59.9 Å². The first kappa shape index (κ1) is 18.5. The number of rotatable bonds is 9. The molecule has 0 amide bonds. The molecule has 0 aliphatic heterocycles. The molecule has 1 heterocycles. The third-order valence-corrected chi connectivity index (χ3v) is 4.74. The Bertz CT molecular complexity index is 823. The Morgan fingerprint density at radius 1 is 1.08 bits per heavy atom. The van der Waals surface area contributed by atoms with Gasteiger partial charge in [0.1, 0.15) is 11.6 Å². The Morgan fingerprint density at radius 2 is 1.85 bits per heavy atom. The zero-order valence-electron chi connectivity index (χ0n) is 15.8. The summed E-state index contributed by atoms with van der Waals surface area (Å²) < 4.78 is 8.16. The van der Waals surface area contributed by atoms with Crippen LogP contribution in [0, 0.1) is 0 Å². The number of nitrogens with two attached hydrogens (primary N) is 1. The van der Waals surface area contributed by atoms with Crippen molar-refractivity contribution in [1.29, 1.82) is 0 Å². The Labute approximate surface area is 156 Å². The maximum atomic E-state index is 6.38. The van der Waals surface area contributed by atoms with E-state index in [2.05, 4.69) is 48.7 Å². The summed E-state index contributed by atoms with van der Waals surface area (Å²) in [4.78, 5) is 4.78. The van der Waals surface area contributed by atoms with Crippen molar-refractivity contribution < 1.29 is 4.74 Å². The Morgan fingerprint density at radius 3 is 2.58 bits per heavy atom. The molecule has 1 aromatic heterocycles. The fourth-order valence-electron chi connectivity index (χ4n) is 3.29. The van der Waals surface area contributed by atoms with Gasteiger partial charge in [0.25, 0.3) is 0 Å². The molecule has 1 atom stereocenters. The number of imidazole rings is 1. The van der Waals surface area contributed by atoms with E-state index in [9.17, 15) is 0 Å². The molecule has 0 bridgehead atoms. The van der Waals surface area contributed by atoms with Gasteiger partial charge in [0.15, 0.2) is 0 Å². The van der Waals surface area contributed by atoms with Crippen molar-refractivity contribution in [1.82, 2.24) is 9.55 Å². The average Bonchev–Trinajstić information content (AvgIpc) is 3.05. The predicted molar refractivity (Wildman–Crippen MR) is 108 cm³/mol. The van der Waals surface area contributed by atoms with Gasteiger partial charge in [0.05, 0.1) is 23.7 Å². The zero-order chi connectivity index (χ0) is 18.4. The number of hydrogen-bond donors (Lipinski definition) is 1. The van der Waals surface area contributed by atoms with Gasteiger partial charge < -0.3 is 15.0 Å². The van der Waals surface area contributed by atoms with Crippen LogP contribution in [0.2, 0.25) is 0 Å². The van der Waals surface area contributed by atoms with Crippen molar-refractivity contribution in [2.75, 3.05) is 6.61 Å². The maximum Gasteiger partial charge on any atom is 0.126 e. The second-order valence-corrected chi connectivity index (χ2v) is 6.71. The third-order valence-electron chi connectivity index (χ3n) is 4.74. The second-order valence-electron chi connectivity index (χ2n) is 6.71. The lowest BCUT2D eigenvalue weighted by atomic mass is 10.1. The smallest absolute Gasteiger partial charge is 0.126 e. The lowest BCUT2D eigenvalue weighted by molar-refractivity contribution is 0.301. The van der Waals surface area contributed by atoms with Gasteiger partial charge in [-0.25, -0.2) is 4.98 Å². The summed E-state index contributed by atoms with van der Waals surface area (Å²) in [5, 5.41) is 0. The molecular formula is C22H29N3O. The molecule has 0 saturated heterocycles. The Hall–Kier alpha value is -2.33. The number of nitrogens with zero attached hydrogens (tertiary/aromatic N) is 2. The van der Waals surface area contributed by atoms with Crippen LogP contribution in [0.1, 0.15) is 50.5 Å². The van der Waals surface area contributed by atoms with Gasteiger partial charge in [-0.1, -0.05) is 44.5 Å². The van der Waals surface area contributed by atoms with E-state index in [4.69, 9.17) is 15.5 Å². The molecule has 0 radical (unpaired) electrons. The predicted octanol–water partition coefficient (Wildman–Crippen LogP) is 4.87. The molecule has 4 heteroatoms. The van der Waals surface area contributed by atoms with Crippen LogP contribution in [0.5, 0.6) is 5.75 Å². The molecule has 0 fully saturated rings. The Kier molecular flexibility index (Phi) is 6.29. The highest BCUT2D eigenvalue weighted by Crippen LogP contribution is 2.23. The van der Waals surface area contributed by atoms with Crippen LogP contribution in [0.25, 0.3) is 11.0 Å². The molecule has 0 aliphatic rings. The first-order valence-corrected chi connectivity index (χ1v) is 9.65. The molecule has 1 unspecified atom stereocenters. The van der Waals surface area contributed by atoms with Gasteiger partial charge in [0, 0.05) is 6.54 Å².